The van der Waals surface area contributed by atoms with E-state index < -0.39 is 20.6 Å². The second-order valence-electron chi connectivity index (χ2n) is 6.59. The average Bonchev–Trinajstić information content (AvgIpc) is 2.60. The number of nitro benzene ring substituents is 1. The molecule has 8 nitrogen and oxygen atoms in total. The van der Waals surface area contributed by atoms with Crippen LogP contribution in [-0.2, 0) is 14.8 Å². The Balaban J connectivity index is 2.15. The number of halogens is 1. The van der Waals surface area contributed by atoms with E-state index in [0.29, 0.717) is 12.8 Å². The van der Waals surface area contributed by atoms with E-state index in [9.17, 15) is 23.3 Å². The number of sulfonamides is 1. The number of carbonyl (C=O) groups excluding carboxylic acids is 1. The summed E-state index contributed by atoms with van der Waals surface area (Å²) < 4.78 is 26.8. The lowest BCUT2D eigenvalue weighted by Gasteiger charge is -2.33. The second kappa shape index (κ2) is 7.89. The minimum absolute atomic E-state index is 0.0131. The number of nitrogens with zero attached hydrogens (tertiary/aromatic N) is 3. The van der Waals surface area contributed by atoms with E-state index in [2.05, 4.69) is 0 Å². The highest BCUT2D eigenvalue weighted by molar-refractivity contribution is 7.89. The monoisotopic (exact) mass is 403 g/mol. The van der Waals surface area contributed by atoms with Crippen molar-refractivity contribution in [2.75, 3.05) is 20.1 Å². The molecule has 0 bridgehead atoms. The zero-order valence-electron chi connectivity index (χ0n) is 14.9. The summed E-state index contributed by atoms with van der Waals surface area (Å²) in [4.78, 5) is 24.2. The van der Waals surface area contributed by atoms with E-state index in [1.807, 2.05) is 13.8 Å². The van der Waals surface area contributed by atoms with E-state index in [0.717, 1.165) is 6.07 Å². The van der Waals surface area contributed by atoms with Crippen molar-refractivity contribution in [3.05, 3.63) is 33.3 Å². The number of nitro groups is 1. The molecule has 0 N–H and O–H groups in total. The number of rotatable bonds is 5. The molecule has 2 rings (SSSR count). The number of piperidine rings is 1. The molecule has 0 spiro atoms. The van der Waals surface area contributed by atoms with Crippen molar-refractivity contribution in [1.29, 1.82) is 0 Å². The van der Waals surface area contributed by atoms with Gasteiger partial charge in [-0.15, -0.1) is 0 Å². The molecule has 1 fully saturated rings. The van der Waals surface area contributed by atoms with Crippen LogP contribution in [0, 0.1) is 16.0 Å². The predicted octanol–water partition coefficient (Wildman–Crippen LogP) is 2.52. The normalized spacial score (nSPS) is 16.7. The maximum atomic E-state index is 12.8. The number of benzene rings is 1. The summed E-state index contributed by atoms with van der Waals surface area (Å²) in [6, 6.07) is 3.52. The van der Waals surface area contributed by atoms with Gasteiger partial charge < -0.3 is 4.90 Å². The van der Waals surface area contributed by atoms with E-state index in [4.69, 9.17) is 11.6 Å². The lowest BCUT2D eigenvalue weighted by molar-refractivity contribution is -0.384. The van der Waals surface area contributed by atoms with Gasteiger partial charge in [-0.05, 0) is 38.8 Å². The van der Waals surface area contributed by atoms with Crippen LogP contribution in [0.2, 0.25) is 5.02 Å². The maximum Gasteiger partial charge on any atom is 0.289 e. The average molecular weight is 404 g/mol. The Kier molecular flexibility index (Phi) is 6.25. The number of hydrogen-bond acceptors (Lipinski definition) is 5. The lowest BCUT2D eigenvalue weighted by atomic mass is 9.96. The molecule has 0 atom stereocenters. The SMILES string of the molecule is CC(C)N(C)C(=O)C1CCN(S(=O)(=O)c2ccc(Cl)c([N+](=O)[O-])c2)CC1. The van der Waals surface area contributed by atoms with Crippen molar-refractivity contribution in [2.24, 2.45) is 5.92 Å². The Bertz CT molecular complexity index is 804. The zero-order valence-corrected chi connectivity index (χ0v) is 16.5. The molecule has 144 valence electrons. The van der Waals surface area contributed by atoms with Crippen molar-refractivity contribution < 1.29 is 18.1 Å². The molecule has 0 unspecified atom stereocenters. The minimum Gasteiger partial charge on any atom is -0.343 e. The van der Waals surface area contributed by atoms with Gasteiger partial charge in [-0.1, -0.05) is 11.6 Å². The molecule has 1 aliphatic heterocycles. The molecular weight excluding hydrogens is 382 g/mol. The first kappa shape index (κ1) is 20.6. The third kappa shape index (κ3) is 4.16. The number of amides is 1. The standard InChI is InChI=1S/C16H22ClN3O5S/c1-11(2)18(3)16(21)12-6-8-19(9-7-12)26(24,25)13-4-5-14(17)15(10-13)20(22)23/h4-5,10-12H,6-9H2,1-3H3. The third-order valence-corrected chi connectivity index (χ3v) is 6.89. The van der Waals surface area contributed by atoms with Crippen LogP contribution in [0.1, 0.15) is 26.7 Å². The van der Waals surface area contributed by atoms with Gasteiger partial charge in [-0.2, -0.15) is 4.31 Å². The molecule has 0 aliphatic carbocycles. The van der Waals surface area contributed by atoms with Crippen LogP contribution in [0.5, 0.6) is 0 Å². The smallest absolute Gasteiger partial charge is 0.289 e. The summed E-state index contributed by atoms with van der Waals surface area (Å²) in [5, 5.41) is 10.9. The summed E-state index contributed by atoms with van der Waals surface area (Å²) in [7, 11) is -2.14. The summed E-state index contributed by atoms with van der Waals surface area (Å²) in [6.07, 6.45) is 0.843. The zero-order chi connectivity index (χ0) is 19.6. The Hall–Kier alpha value is -1.71. The molecule has 10 heteroatoms. The van der Waals surface area contributed by atoms with Gasteiger partial charge in [0.2, 0.25) is 15.9 Å². The molecule has 26 heavy (non-hydrogen) atoms. The Morgan fingerprint density at radius 3 is 2.42 bits per heavy atom. The van der Waals surface area contributed by atoms with Gasteiger partial charge in [0.05, 0.1) is 9.82 Å². The Labute approximate surface area is 157 Å². The molecule has 0 radical (unpaired) electrons. The van der Waals surface area contributed by atoms with Gasteiger partial charge in [0, 0.05) is 38.2 Å². The van der Waals surface area contributed by atoms with Crippen LogP contribution < -0.4 is 0 Å². The summed E-state index contributed by atoms with van der Waals surface area (Å²) in [6.45, 7) is 4.23. The van der Waals surface area contributed by atoms with Crippen molar-refractivity contribution in [3.8, 4) is 0 Å². The van der Waals surface area contributed by atoms with Gasteiger partial charge in [0.25, 0.3) is 5.69 Å². The lowest BCUT2D eigenvalue weighted by Crippen LogP contribution is -2.44. The van der Waals surface area contributed by atoms with Crippen LogP contribution in [0.25, 0.3) is 0 Å². The van der Waals surface area contributed by atoms with Crippen LogP contribution >= 0.6 is 11.6 Å². The van der Waals surface area contributed by atoms with Crippen molar-refractivity contribution in [2.45, 2.75) is 37.6 Å². The first-order valence-electron chi connectivity index (χ1n) is 8.26. The van der Waals surface area contributed by atoms with Gasteiger partial charge >= 0.3 is 0 Å². The van der Waals surface area contributed by atoms with Gasteiger partial charge in [-0.3, -0.25) is 14.9 Å². The highest BCUT2D eigenvalue weighted by atomic mass is 35.5. The van der Waals surface area contributed by atoms with Crippen LogP contribution in [0.3, 0.4) is 0 Å². The van der Waals surface area contributed by atoms with Crippen molar-refractivity contribution in [3.63, 3.8) is 0 Å². The quantitative estimate of drug-likeness (QED) is 0.555. The van der Waals surface area contributed by atoms with E-state index in [-0.39, 0.29) is 40.9 Å². The topological polar surface area (TPSA) is 101 Å². The third-order valence-electron chi connectivity index (χ3n) is 4.68. The highest BCUT2D eigenvalue weighted by Crippen LogP contribution is 2.30. The summed E-state index contributed by atoms with van der Waals surface area (Å²) in [5.41, 5.74) is -0.448. The molecule has 1 aromatic rings. The molecule has 0 aromatic heterocycles. The first-order chi connectivity index (χ1) is 12.1. The Morgan fingerprint density at radius 1 is 1.35 bits per heavy atom. The van der Waals surface area contributed by atoms with Crippen molar-refractivity contribution >= 4 is 33.2 Å². The largest absolute Gasteiger partial charge is 0.343 e. The fourth-order valence-electron chi connectivity index (χ4n) is 2.83. The van der Waals surface area contributed by atoms with Crippen LogP contribution in [-0.4, -0.2) is 54.6 Å². The van der Waals surface area contributed by atoms with Crippen LogP contribution in [0.4, 0.5) is 5.69 Å². The van der Waals surface area contributed by atoms with Gasteiger partial charge in [0.15, 0.2) is 0 Å². The second-order valence-corrected chi connectivity index (χ2v) is 8.94. The number of carbonyl (C=O) groups is 1. The van der Waals surface area contributed by atoms with Gasteiger partial charge in [-0.25, -0.2) is 8.42 Å². The molecule has 1 saturated heterocycles. The van der Waals surface area contributed by atoms with Crippen molar-refractivity contribution in [1.82, 2.24) is 9.21 Å². The minimum atomic E-state index is -3.88. The van der Waals surface area contributed by atoms with Crippen LogP contribution in [0.15, 0.2) is 23.1 Å². The predicted molar refractivity (Wildman–Crippen MR) is 97.5 cm³/mol. The fourth-order valence-corrected chi connectivity index (χ4v) is 4.50. The molecule has 1 aliphatic rings. The van der Waals surface area contributed by atoms with E-state index in [1.165, 1.54) is 16.4 Å². The summed E-state index contributed by atoms with van der Waals surface area (Å²) >= 11 is 5.74. The van der Waals surface area contributed by atoms with E-state index >= 15 is 0 Å². The summed E-state index contributed by atoms with van der Waals surface area (Å²) in [5.74, 6) is -0.201. The molecule has 1 aromatic carbocycles. The molecular formula is C16H22ClN3O5S. The fraction of sp³-hybridized carbons (Fsp3) is 0.562. The Morgan fingerprint density at radius 2 is 1.92 bits per heavy atom. The maximum absolute atomic E-state index is 12.8. The number of hydrogen-bond donors (Lipinski definition) is 0. The van der Waals surface area contributed by atoms with E-state index in [1.54, 1.807) is 11.9 Å². The molecule has 0 saturated carbocycles. The molecule has 1 heterocycles. The first-order valence-corrected chi connectivity index (χ1v) is 10.1. The highest BCUT2D eigenvalue weighted by Gasteiger charge is 2.34. The molecule has 1 amide bonds. The van der Waals surface area contributed by atoms with Gasteiger partial charge in [0.1, 0.15) is 5.02 Å².